The van der Waals surface area contributed by atoms with Crippen molar-refractivity contribution in [2.45, 2.75) is 20.8 Å². The van der Waals surface area contributed by atoms with E-state index in [9.17, 15) is 9.59 Å². The summed E-state index contributed by atoms with van der Waals surface area (Å²) in [4.78, 5) is 23.7. The number of hydrogen-bond acceptors (Lipinski definition) is 4. The van der Waals surface area contributed by atoms with Crippen molar-refractivity contribution in [2.24, 2.45) is 0 Å². The van der Waals surface area contributed by atoms with E-state index < -0.39 is 5.97 Å². The Morgan fingerprint density at radius 2 is 1.91 bits per heavy atom. The van der Waals surface area contributed by atoms with E-state index in [-0.39, 0.29) is 12.4 Å². The first-order valence-corrected chi connectivity index (χ1v) is 6.97. The molecule has 0 saturated carbocycles. The topological polar surface area (TPSA) is 56.5 Å². The summed E-state index contributed by atoms with van der Waals surface area (Å²) in [5.74, 6) is 0.540. The molecule has 2 rings (SSSR count). The van der Waals surface area contributed by atoms with Gasteiger partial charge in [-0.1, -0.05) is 17.7 Å². The summed E-state index contributed by atoms with van der Waals surface area (Å²) in [5.41, 5.74) is 2.44. The van der Waals surface area contributed by atoms with Crippen LogP contribution in [0.15, 0.2) is 40.8 Å². The Bertz CT molecular complexity index is 722. The standard InChI is InChI=1S/C18H18O4/c1-12-4-5-13(2)16(10-12)17(19)11-21-18(20)9-8-15-7-6-14(3)22-15/h4-10H,11H2,1-3H3/b9-8+. The Morgan fingerprint density at radius 3 is 2.59 bits per heavy atom. The zero-order chi connectivity index (χ0) is 16.1. The van der Waals surface area contributed by atoms with Crippen LogP contribution < -0.4 is 0 Å². The summed E-state index contributed by atoms with van der Waals surface area (Å²) >= 11 is 0. The van der Waals surface area contributed by atoms with Crippen molar-refractivity contribution in [3.05, 3.63) is 64.6 Å². The summed E-state index contributed by atoms with van der Waals surface area (Å²) in [6, 6.07) is 9.16. The van der Waals surface area contributed by atoms with Crippen LogP contribution >= 0.6 is 0 Å². The van der Waals surface area contributed by atoms with E-state index >= 15 is 0 Å². The molecule has 0 saturated heterocycles. The molecule has 1 aromatic carbocycles. The molecule has 1 heterocycles. The third-order valence-corrected chi connectivity index (χ3v) is 3.18. The molecular weight excluding hydrogens is 280 g/mol. The highest BCUT2D eigenvalue weighted by molar-refractivity contribution is 6.00. The average Bonchev–Trinajstić information content (AvgIpc) is 2.90. The third kappa shape index (κ3) is 4.19. The van der Waals surface area contributed by atoms with Crippen molar-refractivity contribution >= 4 is 17.8 Å². The van der Waals surface area contributed by atoms with Crippen molar-refractivity contribution in [1.82, 2.24) is 0 Å². The number of ether oxygens (including phenoxy) is 1. The maximum atomic E-state index is 12.1. The Balaban J connectivity index is 1.92. The van der Waals surface area contributed by atoms with Crippen LogP contribution in [0.1, 0.15) is 33.0 Å². The summed E-state index contributed by atoms with van der Waals surface area (Å²) in [7, 11) is 0. The summed E-state index contributed by atoms with van der Waals surface area (Å²) in [5, 5.41) is 0. The molecule has 0 aliphatic heterocycles. The lowest BCUT2D eigenvalue weighted by molar-refractivity contribution is -0.136. The second-order valence-electron chi connectivity index (χ2n) is 5.13. The van der Waals surface area contributed by atoms with Gasteiger partial charge < -0.3 is 9.15 Å². The number of carbonyl (C=O) groups is 2. The van der Waals surface area contributed by atoms with Crippen LogP contribution in [0.2, 0.25) is 0 Å². The fraction of sp³-hybridized carbons (Fsp3) is 0.222. The number of furan rings is 1. The number of benzene rings is 1. The molecule has 0 bridgehead atoms. The second-order valence-corrected chi connectivity index (χ2v) is 5.13. The van der Waals surface area contributed by atoms with Gasteiger partial charge in [0.15, 0.2) is 6.61 Å². The fourth-order valence-corrected chi connectivity index (χ4v) is 1.99. The highest BCUT2D eigenvalue weighted by Crippen LogP contribution is 2.12. The highest BCUT2D eigenvalue weighted by atomic mass is 16.5. The van der Waals surface area contributed by atoms with Crippen LogP contribution in [0.3, 0.4) is 0 Å². The lowest BCUT2D eigenvalue weighted by Gasteiger charge is -2.06. The molecule has 0 N–H and O–H groups in total. The first-order chi connectivity index (χ1) is 10.5. The first-order valence-electron chi connectivity index (χ1n) is 6.97. The largest absolute Gasteiger partial charge is 0.462 e. The van der Waals surface area contributed by atoms with Gasteiger partial charge in [0.1, 0.15) is 11.5 Å². The molecule has 4 nitrogen and oxygen atoms in total. The molecule has 0 atom stereocenters. The zero-order valence-corrected chi connectivity index (χ0v) is 12.9. The minimum atomic E-state index is -0.576. The van der Waals surface area contributed by atoms with E-state index in [1.807, 2.05) is 32.9 Å². The van der Waals surface area contributed by atoms with Gasteiger partial charge in [-0.25, -0.2) is 4.79 Å². The predicted molar refractivity (Wildman–Crippen MR) is 83.7 cm³/mol. The van der Waals surface area contributed by atoms with E-state index in [0.717, 1.165) is 16.9 Å². The zero-order valence-electron chi connectivity index (χ0n) is 12.9. The summed E-state index contributed by atoms with van der Waals surface area (Å²) in [6.07, 6.45) is 2.76. The SMILES string of the molecule is Cc1ccc(C)c(C(=O)COC(=O)/C=C/c2ccc(C)o2)c1. The molecule has 0 spiro atoms. The average molecular weight is 298 g/mol. The molecule has 2 aromatic rings. The van der Waals surface area contributed by atoms with Crippen LogP contribution in [0.25, 0.3) is 6.08 Å². The molecule has 0 radical (unpaired) electrons. The van der Waals surface area contributed by atoms with E-state index in [1.54, 1.807) is 18.2 Å². The number of aryl methyl sites for hydroxylation is 3. The van der Waals surface area contributed by atoms with Gasteiger partial charge in [0.25, 0.3) is 0 Å². The van der Waals surface area contributed by atoms with E-state index in [2.05, 4.69) is 0 Å². The van der Waals surface area contributed by atoms with Gasteiger partial charge >= 0.3 is 5.97 Å². The summed E-state index contributed by atoms with van der Waals surface area (Å²) < 4.78 is 10.3. The summed E-state index contributed by atoms with van der Waals surface area (Å²) in [6.45, 7) is 5.31. The number of esters is 1. The minimum absolute atomic E-state index is 0.211. The number of ketones is 1. The molecule has 0 aliphatic rings. The maximum Gasteiger partial charge on any atom is 0.331 e. The van der Waals surface area contributed by atoms with E-state index in [1.165, 1.54) is 12.2 Å². The van der Waals surface area contributed by atoms with E-state index in [0.29, 0.717) is 11.3 Å². The van der Waals surface area contributed by atoms with Crippen LogP contribution in [-0.2, 0) is 9.53 Å². The number of Topliss-reactive ketones (excluding diaryl/α,β-unsaturated/α-hetero) is 1. The minimum Gasteiger partial charge on any atom is -0.462 e. The molecule has 114 valence electrons. The maximum absolute atomic E-state index is 12.1. The molecule has 0 aliphatic carbocycles. The van der Waals surface area contributed by atoms with Gasteiger partial charge in [-0.15, -0.1) is 0 Å². The molecule has 0 amide bonds. The molecule has 4 heteroatoms. The Labute approximate surface area is 129 Å². The van der Waals surface area contributed by atoms with Gasteiger partial charge in [-0.3, -0.25) is 4.79 Å². The fourth-order valence-electron chi connectivity index (χ4n) is 1.99. The van der Waals surface area contributed by atoms with Crippen LogP contribution in [0, 0.1) is 20.8 Å². The van der Waals surface area contributed by atoms with Crippen LogP contribution in [0.4, 0.5) is 0 Å². The van der Waals surface area contributed by atoms with Crippen LogP contribution in [0.5, 0.6) is 0 Å². The lowest BCUT2D eigenvalue weighted by atomic mass is 10.0. The van der Waals surface area contributed by atoms with Gasteiger partial charge in [-0.2, -0.15) is 0 Å². The Kier molecular flexibility index (Phi) is 4.94. The third-order valence-electron chi connectivity index (χ3n) is 3.18. The van der Waals surface area contributed by atoms with Gasteiger partial charge in [0.05, 0.1) is 0 Å². The first kappa shape index (κ1) is 15.8. The normalized spacial score (nSPS) is 10.9. The molecule has 1 aromatic heterocycles. The van der Waals surface area contributed by atoms with Crippen molar-refractivity contribution < 1.29 is 18.7 Å². The molecular formula is C18H18O4. The highest BCUT2D eigenvalue weighted by Gasteiger charge is 2.11. The second kappa shape index (κ2) is 6.89. The van der Waals surface area contributed by atoms with Gasteiger partial charge in [0, 0.05) is 11.6 Å². The lowest BCUT2D eigenvalue weighted by Crippen LogP contribution is -2.13. The molecule has 0 unspecified atom stereocenters. The van der Waals surface area contributed by atoms with Crippen LogP contribution in [-0.4, -0.2) is 18.4 Å². The monoisotopic (exact) mass is 298 g/mol. The quantitative estimate of drug-likeness (QED) is 0.480. The van der Waals surface area contributed by atoms with Gasteiger partial charge in [-0.05, 0) is 50.6 Å². The van der Waals surface area contributed by atoms with Crippen molar-refractivity contribution in [3.8, 4) is 0 Å². The van der Waals surface area contributed by atoms with Crippen molar-refractivity contribution in [1.29, 1.82) is 0 Å². The van der Waals surface area contributed by atoms with Crippen molar-refractivity contribution in [2.75, 3.05) is 6.61 Å². The van der Waals surface area contributed by atoms with Gasteiger partial charge in [0.2, 0.25) is 5.78 Å². The van der Waals surface area contributed by atoms with E-state index in [4.69, 9.17) is 9.15 Å². The predicted octanol–water partition coefficient (Wildman–Crippen LogP) is 3.64. The Morgan fingerprint density at radius 1 is 1.14 bits per heavy atom. The van der Waals surface area contributed by atoms with Crippen molar-refractivity contribution in [3.63, 3.8) is 0 Å². The number of carbonyl (C=O) groups excluding carboxylic acids is 2. The number of rotatable bonds is 5. The Hall–Kier alpha value is -2.62. The smallest absolute Gasteiger partial charge is 0.331 e. The number of hydrogen-bond donors (Lipinski definition) is 0. The molecule has 22 heavy (non-hydrogen) atoms. The molecule has 0 fully saturated rings.